The highest BCUT2D eigenvalue weighted by Crippen LogP contribution is 2.32. The van der Waals surface area contributed by atoms with E-state index in [9.17, 15) is 20.0 Å². The summed E-state index contributed by atoms with van der Waals surface area (Å²) >= 11 is 6.06. The van der Waals surface area contributed by atoms with Crippen LogP contribution in [0.4, 0.5) is 0 Å². The molecule has 3 rings (SSSR count). The van der Waals surface area contributed by atoms with Crippen LogP contribution in [-0.4, -0.2) is 28.4 Å². The summed E-state index contributed by atoms with van der Waals surface area (Å²) in [6.45, 7) is 1.89. The van der Waals surface area contributed by atoms with Gasteiger partial charge in [0.1, 0.15) is 17.3 Å². The Bertz CT molecular complexity index is 1150. The van der Waals surface area contributed by atoms with E-state index in [0.717, 1.165) is 11.1 Å². The summed E-state index contributed by atoms with van der Waals surface area (Å²) < 4.78 is 4.81. The second-order valence-electron chi connectivity index (χ2n) is 6.27. The van der Waals surface area contributed by atoms with Crippen LogP contribution < -0.4 is 0 Å². The number of pyridine rings is 1. The molecule has 0 fully saturated rings. The lowest BCUT2D eigenvalue weighted by Crippen LogP contribution is -2.10. The monoisotopic (exact) mass is 408 g/mol. The molecular weight excluding hydrogens is 392 g/mol. The van der Waals surface area contributed by atoms with E-state index in [1.807, 2.05) is 18.2 Å². The first-order valence-electron chi connectivity index (χ1n) is 8.96. The molecule has 0 bridgehead atoms. The number of carbonyl (C=O) groups excluding carboxylic acids is 2. The van der Waals surface area contributed by atoms with Crippen LogP contribution in [0.1, 0.15) is 35.8 Å². The van der Waals surface area contributed by atoms with E-state index in [4.69, 9.17) is 16.3 Å². The smallest absolute Gasteiger partial charge is 0.306 e. The van der Waals surface area contributed by atoms with Crippen molar-refractivity contribution in [2.24, 2.45) is 0 Å². The van der Waals surface area contributed by atoms with E-state index >= 15 is 0 Å². The molecule has 0 saturated carbocycles. The minimum atomic E-state index is -0.540. The maximum Gasteiger partial charge on any atom is 0.306 e. The summed E-state index contributed by atoms with van der Waals surface area (Å²) in [5.74, 6) is -1.53. The van der Waals surface area contributed by atoms with Crippen molar-refractivity contribution in [3.8, 4) is 22.9 Å². The number of aromatic hydroxyl groups is 1. The van der Waals surface area contributed by atoms with Crippen molar-refractivity contribution in [1.82, 2.24) is 4.98 Å². The van der Waals surface area contributed by atoms with Gasteiger partial charge in [-0.05, 0) is 36.2 Å². The standard InChI is InChI=1S/C22H17ClN2O4/c1-2-29-20(27)9-8-19(26)21-22(28)17(12-24)16-7-6-14(11-18(16)25-21)13-4-3-5-15(23)10-13/h3-7,10-11,28H,2,8-9H2,1H3. The summed E-state index contributed by atoms with van der Waals surface area (Å²) in [5, 5.41) is 20.9. The van der Waals surface area contributed by atoms with Crippen molar-refractivity contribution in [3.63, 3.8) is 0 Å². The Morgan fingerprint density at radius 2 is 1.93 bits per heavy atom. The van der Waals surface area contributed by atoms with E-state index in [1.54, 1.807) is 37.3 Å². The van der Waals surface area contributed by atoms with Crippen LogP contribution in [0.3, 0.4) is 0 Å². The van der Waals surface area contributed by atoms with Gasteiger partial charge in [0.2, 0.25) is 0 Å². The van der Waals surface area contributed by atoms with Gasteiger partial charge < -0.3 is 9.84 Å². The maximum absolute atomic E-state index is 12.5. The van der Waals surface area contributed by atoms with Crippen molar-refractivity contribution in [3.05, 3.63) is 58.7 Å². The molecule has 0 aliphatic carbocycles. The zero-order chi connectivity index (χ0) is 21.0. The molecule has 1 aromatic heterocycles. The first-order valence-corrected chi connectivity index (χ1v) is 9.34. The number of nitrogens with zero attached hydrogens (tertiary/aromatic N) is 2. The summed E-state index contributed by atoms with van der Waals surface area (Å²) in [4.78, 5) is 28.3. The molecule has 2 aromatic carbocycles. The molecule has 1 N–H and O–H groups in total. The molecule has 0 saturated heterocycles. The molecule has 0 spiro atoms. The fourth-order valence-corrected chi connectivity index (χ4v) is 3.17. The average molecular weight is 409 g/mol. The minimum absolute atomic E-state index is 0.0351. The molecule has 7 heteroatoms. The molecule has 6 nitrogen and oxygen atoms in total. The lowest BCUT2D eigenvalue weighted by atomic mass is 9.99. The van der Waals surface area contributed by atoms with Crippen LogP contribution in [0.5, 0.6) is 5.75 Å². The Hall–Kier alpha value is -3.43. The number of esters is 1. The third-order valence-electron chi connectivity index (χ3n) is 4.36. The van der Waals surface area contributed by atoms with Gasteiger partial charge in [-0.25, -0.2) is 4.98 Å². The van der Waals surface area contributed by atoms with E-state index in [-0.39, 0.29) is 30.7 Å². The molecular formula is C22H17ClN2O4. The predicted molar refractivity (Wildman–Crippen MR) is 109 cm³/mol. The number of hydrogen-bond donors (Lipinski definition) is 1. The van der Waals surface area contributed by atoms with Crippen molar-refractivity contribution in [2.75, 3.05) is 6.61 Å². The third-order valence-corrected chi connectivity index (χ3v) is 4.59. The average Bonchev–Trinajstić information content (AvgIpc) is 2.71. The fourth-order valence-electron chi connectivity index (χ4n) is 2.98. The van der Waals surface area contributed by atoms with E-state index in [1.165, 1.54) is 0 Å². The van der Waals surface area contributed by atoms with Gasteiger partial charge in [0, 0.05) is 16.8 Å². The van der Waals surface area contributed by atoms with E-state index < -0.39 is 17.5 Å². The number of hydrogen-bond acceptors (Lipinski definition) is 6. The molecule has 0 amide bonds. The number of carbonyl (C=O) groups is 2. The lowest BCUT2D eigenvalue weighted by molar-refractivity contribution is -0.143. The van der Waals surface area contributed by atoms with Gasteiger partial charge in [-0.1, -0.05) is 35.9 Å². The Kier molecular flexibility index (Phi) is 6.10. The SMILES string of the molecule is CCOC(=O)CCC(=O)c1nc2cc(-c3cccc(Cl)c3)ccc2c(C#N)c1O. The van der Waals surface area contributed by atoms with Gasteiger partial charge in [0.05, 0.1) is 18.5 Å². The van der Waals surface area contributed by atoms with Gasteiger partial charge in [-0.15, -0.1) is 0 Å². The van der Waals surface area contributed by atoms with Crippen LogP contribution in [0.25, 0.3) is 22.0 Å². The van der Waals surface area contributed by atoms with Crippen LogP contribution >= 0.6 is 11.6 Å². The van der Waals surface area contributed by atoms with Gasteiger partial charge in [0.15, 0.2) is 11.5 Å². The van der Waals surface area contributed by atoms with Crippen molar-refractivity contribution in [1.29, 1.82) is 5.26 Å². The second kappa shape index (κ2) is 8.72. The summed E-state index contributed by atoms with van der Waals surface area (Å²) in [6.07, 6.45) is -0.306. The number of halogens is 1. The molecule has 0 unspecified atom stereocenters. The predicted octanol–water partition coefficient (Wildman–Crippen LogP) is 4.66. The van der Waals surface area contributed by atoms with Gasteiger partial charge >= 0.3 is 5.97 Å². The zero-order valence-electron chi connectivity index (χ0n) is 15.6. The number of Topliss-reactive ketones (excluding diaryl/α,β-unsaturated/α-hetero) is 1. The number of rotatable bonds is 6. The highest BCUT2D eigenvalue weighted by Gasteiger charge is 2.21. The Balaban J connectivity index is 2.04. The van der Waals surface area contributed by atoms with Gasteiger partial charge in [-0.3, -0.25) is 9.59 Å². The molecule has 29 heavy (non-hydrogen) atoms. The zero-order valence-corrected chi connectivity index (χ0v) is 16.4. The number of nitriles is 1. The van der Waals surface area contributed by atoms with Gasteiger partial charge in [0.25, 0.3) is 0 Å². The molecule has 146 valence electrons. The Morgan fingerprint density at radius 3 is 2.62 bits per heavy atom. The number of benzene rings is 2. The van der Waals surface area contributed by atoms with Crippen LogP contribution in [0.2, 0.25) is 5.02 Å². The Labute approximate surface area is 172 Å². The number of aromatic nitrogens is 1. The van der Waals surface area contributed by atoms with E-state index in [0.29, 0.717) is 15.9 Å². The van der Waals surface area contributed by atoms with Crippen molar-refractivity contribution < 1.29 is 19.4 Å². The first-order chi connectivity index (χ1) is 13.9. The summed E-state index contributed by atoms with van der Waals surface area (Å²) in [7, 11) is 0. The van der Waals surface area contributed by atoms with Crippen LogP contribution in [0.15, 0.2) is 42.5 Å². The summed E-state index contributed by atoms with van der Waals surface area (Å²) in [5.41, 5.74) is 1.76. The summed E-state index contributed by atoms with van der Waals surface area (Å²) in [6, 6.07) is 14.4. The first kappa shape index (κ1) is 20.3. The molecule has 0 aliphatic rings. The number of fused-ring (bicyclic) bond motifs is 1. The quantitative estimate of drug-likeness (QED) is 0.470. The number of ether oxygens (including phenoxy) is 1. The number of ketones is 1. The van der Waals surface area contributed by atoms with Crippen molar-refractivity contribution >= 4 is 34.3 Å². The largest absolute Gasteiger partial charge is 0.504 e. The van der Waals surface area contributed by atoms with E-state index in [2.05, 4.69) is 4.98 Å². The highest BCUT2D eigenvalue weighted by molar-refractivity contribution is 6.30. The second-order valence-corrected chi connectivity index (χ2v) is 6.70. The molecule has 3 aromatic rings. The molecule has 0 atom stereocenters. The Morgan fingerprint density at radius 1 is 1.17 bits per heavy atom. The van der Waals surface area contributed by atoms with Crippen molar-refractivity contribution in [2.45, 2.75) is 19.8 Å². The highest BCUT2D eigenvalue weighted by atomic mass is 35.5. The molecule has 1 heterocycles. The van der Waals surface area contributed by atoms with Gasteiger partial charge in [-0.2, -0.15) is 5.26 Å². The molecule has 0 radical (unpaired) electrons. The normalized spacial score (nSPS) is 10.5. The van der Waals surface area contributed by atoms with Crippen LogP contribution in [-0.2, 0) is 9.53 Å². The minimum Gasteiger partial charge on any atom is -0.504 e. The van der Waals surface area contributed by atoms with Crippen LogP contribution in [0, 0.1) is 11.3 Å². The maximum atomic E-state index is 12.5. The topological polar surface area (TPSA) is 100 Å². The third kappa shape index (κ3) is 4.36. The lowest BCUT2D eigenvalue weighted by Gasteiger charge is -2.10. The fraction of sp³-hybridized carbons (Fsp3) is 0.182. The molecule has 0 aliphatic heterocycles.